The topological polar surface area (TPSA) is 56.9 Å². The summed E-state index contributed by atoms with van der Waals surface area (Å²) < 4.78 is 1.79. The highest BCUT2D eigenvalue weighted by atomic mass is 79.9. The highest BCUT2D eigenvalue weighted by Gasteiger charge is 2.06. The first-order valence-electron chi connectivity index (χ1n) is 6.68. The lowest BCUT2D eigenvalue weighted by atomic mass is 10.2. The van der Waals surface area contributed by atoms with Crippen molar-refractivity contribution < 1.29 is 4.79 Å². The van der Waals surface area contributed by atoms with Crippen LogP contribution in [0.5, 0.6) is 0 Å². The Morgan fingerprint density at radius 1 is 1.09 bits per heavy atom. The Bertz CT molecular complexity index is 809. The lowest BCUT2D eigenvalue weighted by molar-refractivity contribution is 0.252. The summed E-state index contributed by atoms with van der Waals surface area (Å²) in [5, 5.41) is 6.80. The van der Waals surface area contributed by atoms with Gasteiger partial charge in [0.2, 0.25) is 0 Å². The number of para-hydroxylation sites is 1. The molecule has 0 aliphatic heterocycles. The van der Waals surface area contributed by atoms with E-state index in [1.165, 1.54) is 0 Å². The van der Waals surface area contributed by atoms with E-state index in [9.17, 15) is 4.79 Å². The van der Waals surface area contributed by atoms with E-state index < -0.39 is 0 Å². The summed E-state index contributed by atoms with van der Waals surface area (Å²) in [7, 11) is 0. The van der Waals surface area contributed by atoms with Crippen molar-refractivity contribution in [1.82, 2.24) is 10.3 Å². The van der Waals surface area contributed by atoms with E-state index in [-0.39, 0.29) is 6.03 Å². The third-order valence-corrected chi connectivity index (χ3v) is 4.15. The van der Waals surface area contributed by atoms with Crippen LogP contribution >= 0.6 is 31.9 Å². The number of anilines is 1. The lowest BCUT2D eigenvalue weighted by Gasteiger charge is -2.08. The van der Waals surface area contributed by atoms with Gasteiger partial charge in [-0.25, -0.2) is 4.79 Å². The SMILES string of the molecule is O=C(NCc1c[nH]c2ccccc12)Nc1cc(Br)cc(Br)c1. The maximum absolute atomic E-state index is 12.0. The Morgan fingerprint density at radius 2 is 1.82 bits per heavy atom. The van der Waals surface area contributed by atoms with Gasteiger partial charge in [-0.2, -0.15) is 0 Å². The molecule has 0 spiro atoms. The van der Waals surface area contributed by atoms with Crippen molar-refractivity contribution >= 4 is 54.5 Å². The second-order valence-corrected chi connectivity index (χ2v) is 6.66. The van der Waals surface area contributed by atoms with Gasteiger partial charge in [0, 0.05) is 38.3 Å². The van der Waals surface area contributed by atoms with Gasteiger partial charge in [0.15, 0.2) is 0 Å². The molecule has 0 saturated heterocycles. The molecule has 2 aromatic carbocycles. The summed E-state index contributed by atoms with van der Waals surface area (Å²) in [6.45, 7) is 0.463. The summed E-state index contributed by atoms with van der Waals surface area (Å²) in [5.74, 6) is 0. The molecule has 0 aliphatic rings. The van der Waals surface area contributed by atoms with Crippen molar-refractivity contribution in [2.75, 3.05) is 5.32 Å². The molecule has 3 aromatic rings. The third-order valence-electron chi connectivity index (χ3n) is 3.23. The molecule has 1 heterocycles. The van der Waals surface area contributed by atoms with Crippen LogP contribution < -0.4 is 10.6 Å². The van der Waals surface area contributed by atoms with Crippen LogP contribution in [0.3, 0.4) is 0 Å². The van der Waals surface area contributed by atoms with Gasteiger partial charge in [-0.1, -0.05) is 50.1 Å². The molecule has 4 nitrogen and oxygen atoms in total. The first-order chi connectivity index (χ1) is 10.6. The van der Waals surface area contributed by atoms with Crippen molar-refractivity contribution in [3.63, 3.8) is 0 Å². The number of halogens is 2. The molecule has 0 fully saturated rings. The summed E-state index contributed by atoms with van der Waals surface area (Å²) in [6, 6.07) is 13.4. The molecule has 0 aliphatic carbocycles. The average molecular weight is 423 g/mol. The minimum atomic E-state index is -0.240. The number of fused-ring (bicyclic) bond motifs is 1. The molecule has 0 atom stereocenters. The Balaban J connectivity index is 1.65. The van der Waals surface area contributed by atoms with Gasteiger partial charge in [-0.3, -0.25) is 0 Å². The summed E-state index contributed by atoms with van der Waals surface area (Å²) >= 11 is 6.79. The number of hydrogen-bond acceptors (Lipinski definition) is 1. The number of hydrogen-bond donors (Lipinski definition) is 3. The zero-order valence-corrected chi connectivity index (χ0v) is 14.7. The quantitative estimate of drug-likeness (QED) is 0.545. The summed E-state index contributed by atoms with van der Waals surface area (Å²) in [4.78, 5) is 15.2. The molecule has 0 radical (unpaired) electrons. The van der Waals surface area contributed by atoms with E-state index in [1.807, 2.05) is 48.7 Å². The van der Waals surface area contributed by atoms with Gasteiger partial charge in [-0.05, 0) is 29.8 Å². The second-order valence-electron chi connectivity index (χ2n) is 4.83. The van der Waals surface area contributed by atoms with Crippen molar-refractivity contribution in [2.24, 2.45) is 0 Å². The molecule has 3 rings (SSSR count). The van der Waals surface area contributed by atoms with Crippen LogP contribution in [0.25, 0.3) is 10.9 Å². The van der Waals surface area contributed by atoms with Gasteiger partial charge in [0.1, 0.15) is 0 Å². The molecular formula is C16H13Br2N3O. The molecular weight excluding hydrogens is 410 g/mol. The van der Waals surface area contributed by atoms with Gasteiger partial charge in [-0.15, -0.1) is 0 Å². The molecule has 3 N–H and O–H groups in total. The van der Waals surface area contributed by atoms with Gasteiger partial charge in [0.05, 0.1) is 0 Å². The molecule has 0 saturated carbocycles. The third kappa shape index (κ3) is 3.51. The fourth-order valence-corrected chi connectivity index (χ4v) is 3.55. The number of aromatic amines is 1. The summed E-state index contributed by atoms with van der Waals surface area (Å²) in [5.41, 5.74) is 2.84. The number of H-pyrrole nitrogens is 1. The monoisotopic (exact) mass is 421 g/mol. The maximum Gasteiger partial charge on any atom is 0.319 e. The van der Waals surface area contributed by atoms with E-state index in [0.29, 0.717) is 6.54 Å². The number of benzene rings is 2. The predicted molar refractivity (Wildman–Crippen MR) is 96.0 cm³/mol. The van der Waals surface area contributed by atoms with Gasteiger partial charge >= 0.3 is 6.03 Å². The van der Waals surface area contributed by atoms with Crippen LogP contribution in [0.2, 0.25) is 0 Å². The molecule has 1 aromatic heterocycles. The number of carbonyl (C=O) groups is 1. The number of nitrogens with one attached hydrogen (secondary N) is 3. The number of urea groups is 1. The smallest absolute Gasteiger partial charge is 0.319 e. The highest BCUT2D eigenvalue weighted by molar-refractivity contribution is 9.11. The zero-order chi connectivity index (χ0) is 15.5. The predicted octanol–water partition coefficient (Wildman–Crippen LogP) is 5.01. The van der Waals surface area contributed by atoms with E-state index in [0.717, 1.165) is 31.1 Å². The number of aromatic nitrogens is 1. The Morgan fingerprint density at radius 3 is 2.59 bits per heavy atom. The number of rotatable bonds is 3. The normalized spacial score (nSPS) is 10.6. The maximum atomic E-state index is 12.0. The minimum absolute atomic E-state index is 0.240. The molecule has 112 valence electrons. The molecule has 6 heteroatoms. The van der Waals surface area contributed by atoms with Gasteiger partial charge in [0.25, 0.3) is 0 Å². The largest absolute Gasteiger partial charge is 0.361 e. The first-order valence-corrected chi connectivity index (χ1v) is 8.26. The molecule has 22 heavy (non-hydrogen) atoms. The zero-order valence-electron chi connectivity index (χ0n) is 11.5. The molecule has 2 amide bonds. The number of carbonyl (C=O) groups excluding carboxylic acids is 1. The standard InChI is InChI=1S/C16H13Br2N3O/c17-11-5-12(18)7-13(6-11)21-16(22)20-9-10-8-19-15-4-2-1-3-14(10)15/h1-8,19H,9H2,(H2,20,21,22). The van der Waals surface area contributed by atoms with Crippen LogP contribution in [0, 0.1) is 0 Å². The van der Waals surface area contributed by atoms with E-state index in [1.54, 1.807) is 0 Å². The van der Waals surface area contributed by atoms with Crippen LogP contribution in [0.1, 0.15) is 5.56 Å². The summed E-state index contributed by atoms with van der Waals surface area (Å²) in [6.07, 6.45) is 1.92. The fraction of sp³-hybridized carbons (Fsp3) is 0.0625. The Hall–Kier alpha value is -1.79. The number of amides is 2. The second kappa shape index (κ2) is 6.54. The molecule has 0 bridgehead atoms. The van der Waals surface area contributed by atoms with E-state index in [4.69, 9.17) is 0 Å². The van der Waals surface area contributed by atoms with E-state index >= 15 is 0 Å². The van der Waals surface area contributed by atoms with Gasteiger partial charge < -0.3 is 15.6 Å². The van der Waals surface area contributed by atoms with Crippen molar-refractivity contribution in [3.05, 3.63) is 63.2 Å². The van der Waals surface area contributed by atoms with Crippen molar-refractivity contribution in [3.8, 4) is 0 Å². The van der Waals surface area contributed by atoms with Crippen LogP contribution in [0.4, 0.5) is 10.5 Å². The fourth-order valence-electron chi connectivity index (χ4n) is 2.25. The van der Waals surface area contributed by atoms with Crippen LogP contribution in [-0.4, -0.2) is 11.0 Å². The first kappa shape index (κ1) is 15.1. The average Bonchev–Trinajstić information content (AvgIpc) is 2.87. The minimum Gasteiger partial charge on any atom is -0.361 e. The van der Waals surface area contributed by atoms with Crippen molar-refractivity contribution in [1.29, 1.82) is 0 Å². The molecule has 0 unspecified atom stereocenters. The van der Waals surface area contributed by atoms with Crippen molar-refractivity contribution in [2.45, 2.75) is 6.54 Å². The van der Waals surface area contributed by atoms with Crippen LogP contribution in [-0.2, 0) is 6.54 Å². The van der Waals surface area contributed by atoms with Crippen LogP contribution in [0.15, 0.2) is 57.6 Å². The Labute approximate surface area is 144 Å². The lowest BCUT2D eigenvalue weighted by Crippen LogP contribution is -2.28. The Kier molecular flexibility index (Phi) is 4.49. The van der Waals surface area contributed by atoms with E-state index in [2.05, 4.69) is 47.5 Å². The highest BCUT2D eigenvalue weighted by Crippen LogP contribution is 2.23.